The van der Waals surface area contributed by atoms with Gasteiger partial charge < -0.3 is 10.2 Å². The summed E-state index contributed by atoms with van der Waals surface area (Å²) in [5.74, 6) is -0.952. The Labute approximate surface area is 101 Å². The number of nitrogens with zero attached hydrogens (tertiary/aromatic N) is 1. The van der Waals surface area contributed by atoms with Gasteiger partial charge in [-0.05, 0) is 18.1 Å². The average molecular weight is 235 g/mol. The summed E-state index contributed by atoms with van der Waals surface area (Å²) >= 11 is 0. The molecule has 2 N–H and O–H groups in total. The Hall–Kier alpha value is -1.65. The maximum atomic E-state index is 10.6. The lowest BCUT2D eigenvalue weighted by Crippen LogP contribution is -2.30. The van der Waals surface area contributed by atoms with E-state index >= 15 is 0 Å². The second kappa shape index (κ2) is 6.18. The van der Waals surface area contributed by atoms with Gasteiger partial charge in [-0.3, -0.25) is 9.69 Å². The van der Waals surface area contributed by atoms with Crippen LogP contribution in [-0.4, -0.2) is 34.4 Å². The molecule has 4 nitrogen and oxygen atoms in total. The predicted octanol–water partition coefficient (Wildman–Crippen LogP) is 1.56. The summed E-state index contributed by atoms with van der Waals surface area (Å²) in [6.45, 7) is 5.72. The lowest BCUT2D eigenvalue weighted by molar-refractivity contribution is -0.139. The third-order valence-electron chi connectivity index (χ3n) is 2.43. The van der Waals surface area contributed by atoms with Crippen LogP contribution in [0.3, 0.4) is 0 Å². The Morgan fingerprint density at radius 3 is 2.59 bits per heavy atom. The summed E-state index contributed by atoms with van der Waals surface area (Å²) < 4.78 is 0. The highest BCUT2D eigenvalue weighted by atomic mass is 16.4. The number of aliphatic hydroxyl groups is 1. The van der Waals surface area contributed by atoms with Crippen molar-refractivity contribution in [1.29, 1.82) is 0 Å². The first-order valence-electron chi connectivity index (χ1n) is 5.33. The average Bonchev–Trinajstić information content (AvgIpc) is 2.28. The summed E-state index contributed by atoms with van der Waals surface area (Å²) in [5, 5.41) is 17.8. The van der Waals surface area contributed by atoms with Gasteiger partial charge >= 0.3 is 5.97 Å². The zero-order valence-corrected chi connectivity index (χ0v) is 9.89. The summed E-state index contributed by atoms with van der Waals surface area (Å²) in [5.41, 5.74) is 2.89. The molecule has 0 saturated heterocycles. The quantitative estimate of drug-likeness (QED) is 0.734. The first-order chi connectivity index (χ1) is 8.04. The van der Waals surface area contributed by atoms with E-state index in [-0.39, 0.29) is 13.3 Å². The summed E-state index contributed by atoms with van der Waals surface area (Å²) in [4.78, 5) is 12.1. The van der Waals surface area contributed by atoms with Gasteiger partial charge in [0.1, 0.15) is 0 Å². The molecule has 0 bridgehead atoms. The fourth-order valence-electron chi connectivity index (χ4n) is 1.66. The van der Waals surface area contributed by atoms with Crippen molar-refractivity contribution in [2.45, 2.75) is 13.5 Å². The third kappa shape index (κ3) is 4.01. The fourth-order valence-corrected chi connectivity index (χ4v) is 1.66. The maximum Gasteiger partial charge on any atom is 0.317 e. The van der Waals surface area contributed by atoms with Crippen LogP contribution in [0.25, 0.3) is 5.57 Å². The molecule has 0 aliphatic heterocycles. The number of rotatable bonds is 6. The van der Waals surface area contributed by atoms with E-state index in [1.165, 1.54) is 4.90 Å². The van der Waals surface area contributed by atoms with Crippen LogP contribution in [-0.2, 0) is 11.3 Å². The molecule has 92 valence electrons. The summed E-state index contributed by atoms with van der Waals surface area (Å²) in [6.07, 6.45) is 0. The molecule has 0 aromatic heterocycles. The number of allylic oxidation sites excluding steroid dienone is 1. The third-order valence-corrected chi connectivity index (χ3v) is 2.43. The maximum absolute atomic E-state index is 10.6. The molecular formula is C13H17NO3. The standard InChI is InChI=1S/C13H17NO3/c1-10(2)12-6-4-3-5-11(12)7-14(9-15)8-13(16)17/h3-6,15H,1,7-9H2,2H3,(H,16,17). The molecule has 0 spiro atoms. The van der Waals surface area contributed by atoms with Gasteiger partial charge in [0, 0.05) is 6.54 Å². The minimum atomic E-state index is -0.952. The van der Waals surface area contributed by atoms with Crippen molar-refractivity contribution in [3.63, 3.8) is 0 Å². The molecule has 1 aromatic rings. The van der Waals surface area contributed by atoms with E-state index in [4.69, 9.17) is 10.2 Å². The first kappa shape index (κ1) is 13.4. The van der Waals surface area contributed by atoms with E-state index < -0.39 is 5.97 Å². The molecule has 1 aromatic carbocycles. The normalized spacial score (nSPS) is 10.5. The van der Waals surface area contributed by atoms with E-state index in [0.717, 1.165) is 16.7 Å². The van der Waals surface area contributed by atoms with Crippen LogP contribution in [0.15, 0.2) is 30.8 Å². The van der Waals surface area contributed by atoms with Crippen LogP contribution in [0, 0.1) is 0 Å². The molecule has 17 heavy (non-hydrogen) atoms. The van der Waals surface area contributed by atoms with Crippen molar-refractivity contribution >= 4 is 11.5 Å². The number of carboxylic acid groups (broad SMARTS) is 1. The molecule has 1 rings (SSSR count). The monoisotopic (exact) mass is 235 g/mol. The number of hydrogen-bond donors (Lipinski definition) is 2. The molecule has 0 saturated carbocycles. The second-order valence-electron chi connectivity index (χ2n) is 3.96. The van der Waals surface area contributed by atoms with Crippen molar-refractivity contribution in [1.82, 2.24) is 4.90 Å². The molecule has 0 heterocycles. The summed E-state index contributed by atoms with van der Waals surface area (Å²) in [7, 11) is 0. The molecule has 0 unspecified atom stereocenters. The highest BCUT2D eigenvalue weighted by molar-refractivity contribution is 5.69. The van der Waals surface area contributed by atoms with Crippen LogP contribution in [0.1, 0.15) is 18.1 Å². The van der Waals surface area contributed by atoms with Gasteiger partial charge in [-0.25, -0.2) is 0 Å². The van der Waals surface area contributed by atoms with E-state index in [2.05, 4.69) is 6.58 Å². The van der Waals surface area contributed by atoms with Crippen LogP contribution < -0.4 is 0 Å². The lowest BCUT2D eigenvalue weighted by Gasteiger charge is -2.19. The molecule has 0 atom stereocenters. The van der Waals surface area contributed by atoms with Crippen molar-refractivity contribution < 1.29 is 15.0 Å². The lowest BCUT2D eigenvalue weighted by atomic mass is 10.0. The van der Waals surface area contributed by atoms with E-state index in [9.17, 15) is 4.79 Å². The minimum Gasteiger partial charge on any atom is -0.480 e. The highest BCUT2D eigenvalue weighted by Crippen LogP contribution is 2.18. The number of aliphatic hydroxyl groups excluding tert-OH is 1. The number of carbonyl (C=O) groups is 1. The van der Waals surface area contributed by atoms with E-state index in [1.54, 1.807) is 0 Å². The molecule has 0 amide bonds. The Morgan fingerprint density at radius 2 is 2.06 bits per heavy atom. The molecule has 4 heteroatoms. The zero-order chi connectivity index (χ0) is 12.8. The van der Waals surface area contributed by atoms with E-state index in [0.29, 0.717) is 6.54 Å². The number of hydrogen-bond acceptors (Lipinski definition) is 3. The smallest absolute Gasteiger partial charge is 0.317 e. The Bertz CT molecular complexity index is 415. The number of aliphatic carboxylic acids is 1. The molecular weight excluding hydrogens is 218 g/mol. The fraction of sp³-hybridized carbons (Fsp3) is 0.308. The van der Waals surface area contributed by atoms with Gasteiger partial charge in [0.2, 0.25) is 0 Å². The topological polar surface area (TPSA) is 60.8 Å². The van der Waals surface area contributed by atoms with Crippen molar-refractivity contribution in [3.8, 4) is 0 Å². The van der Waals surface area contributed by atoms with Crippen LogP contribution >= 0.6 is 0 Å². The second-order valence-corrected chi connectivity index (χ2v) is 3.96. The van der Waals surface area contributed by atoms with Gasteiger partial charge in [0.05, 0.1) is 13.3 Å². The van der Waals surface area contributed by atoms with Gasteiger partial charge in [-0.2, -0.15) is 0 Å². The Balaban J connectivity index is 2.85. The van der Waals surface area contributed by atoms with Crippen molar-refractivity contribution in [2.75, 3.05) is 13.3 Å². The SMILES string of the molecule is C=C(C)c1ccccc1CN(CO)CC(=O)O. The van der Waals surface area contributed by atoms with Crippen molar-refractivity contribution in [2.24, 2.45) is 0 Å². The Morgan fingerprint density at radius 1 is 1.41 bits per heavy atom. The van der Waals surface area contributed by atoms with Crippen molar-refractivity contribution in [3.05, 3.63) is 42.0 Å². The van der Waals surface area contributed by atoms with Gasteiger partial charge in [-0.15, -0.1) is 0 Å². The van der Waals surface area contributed by atoms with Crippen LogP contribution in [0.4, 0.5) is 0 Å². The van der Waals surface area contributed by atoms with E-state index in [1.807, 2.05) is 31.2 Å². The minimum absolute atomic E-state index is 0.180. The Kier molecular flexibility index (Phi) is 4.87. The largest absolute Gasteiger partial charge is 0.480 e. The predicted molar refractivity (Wildman–Crippen MR) is 66.3 cm³/mol. The molecule has 0 aliphatic carbocycles. The highest BCUT2D eigenvalue weighted by Gasteiger charge is 2.11. The number of carboxylic acids is 1. The zero-order valence-electron chi connectivity index (χ0n) is 9.89. The molecule has 0 radical (unpaired) electrons. The van der Waals surface area contributed by atoms with Gasteiger partial charge in [-0.1, -0.05) is 36.4 Å². The number of benzene rings is 1. The van der Waals surface area contributed by atoms with Gasteiger partial charge in [0.15, 0.2) is 0 Å². The molecule has 0 fully saturated rings. The summed E-state index contributed by atoms with van der Waals surface area (Å²) in [6, 6.07) is 7.65. The first-order valence-corrected chi connectivity index (χ1v) is 5.33. The van der Waals surface area contributed by atoms with Gasteiger partial charge in [0.25, 0.3) is 0 Å². The van der Waals surface area contributed by atoms with Crippen LogP contribution in [0.2, 0.25) is 0 Å². The van der Waals surface area contributed by atoms with Crippen LogP contribution in [0.5, 0.6) is 0 Å². The molecule has 0 aliphatic rings.